The molecule has 0 aliphatic rings. The second-order valence-electron chi connectivity index (χ2n) is 4.96. The van der Waals surface area contributed by atoms with Crippen molar-refractivity contribution < 1.29 is 9.47 Å². The fourth-order valence-corrected chi connectivity index (χ4v) is 2.30. The van der Waals surface area contributed by atoms with Gasteiger partial charge in [0.2, 0.25) is 0 Å². The van der Waals surface area contributed by atoms with Crippen molar-refractivity contribution in [1.82, 2.24) is 0 Å². The molecule has 2 aromatic carbocycles. The summed E-state index contributed by atoms with van der Waals surface area (Å²) in [6, 6.07) is 12.1. The first-order chi connectivity index (χ1) is 9.62. The lowest BCUT2D eigenvalue weighted by molar-refractivity contribution is 0.302. The quantitative estimate of drug-likeness (QED) is 0.907. The van der Waals surface area contributed by atoms with Crippen LogP contribution in [0.3, 0.4) is 0 Å². The molecule has 2 aromatic rings. The molecular formula is C17H21NO2. The summed E-state index contributed by atoms with van der Waals surface area (Å²) in [5.74, 6) is 1.61. The van der Waals surface area contributed by atoms with Crippen LogP contribution in [0, 0.1) is 13.8 Å². The molecule has 106 valence electrons. The molecule has 0 bridgehead atoms. The van der Waals surface area contributed by atoms with Crippen LogP contribution >= 0.6 is 0 Å². The standard InChI is InChI=1S/C17H21NO2/c1-12-6-13(2)8-14(7-12)11-20-17-5-4-16(19-3)9-15(17)10-18/h4-9H,10-11,18H2,1-3H3. The van der Waals surface area contributed by atoms with E-state index in [9.17, 15) is 0 Å². The highest BCUT2D eigenvalue weighted by Crippen LogP contribution is 2.24. The summed E-state index contributed by atoms with van der Waals surface area (Å²) in [5, 5.41) is 0. The molecule has 3 nitrogen and oxygen atoms in total. The highest BCUT2D eigenvalue weighted by atomic mass is 16.5. The molecule has 0 aliphatic carbocycles. The van der Waals surface area contributed by atoms with E-state index in [4.69, 9.17) is 15.2 Å². The number of nitrogens with two attached hydrogens (primary N) is 1. The lowest BCUT2D eigenvalue weighted by Crippen LogP contribution is -2.03. The zero-order valence-electron chi connectivity index (χ0n) is 12.3. The number of ether oxygens (including phenoxy) is 2. The maximum atomic E-state index is 5.89. The van der Waals surface area contributed by atoms with Crippen molar-refractivity contribution in [3.05, 3.63) is 58.7 Å². The van der Waals surface area contributed by atoms with E-state index < -0.39 is 0 Å². The normalized spacial score (nSPS) is 10.4. The largest absolute Gasteiger partial charge is 0.497 e. The third-order valence-electron chi connectivity index (χ3n) is 3.16. The highest BCUT2D eigenvalue weighted by Gasteiger charge is 2.05. The number of methoxy groups -OCH3 is 1. The van der Waals surface area contributed by atoms with Gasteiger partial charge in [0.15, 0.2) is 0 Å². The van der Waals surface area contributed by atoms with Crippen LogP contribution in [-0.2, 0) is 13.2 Å². The molecule has 0 radical (unpaired) electrons. The van der Waals surface area contributed by atoms with E-state index in [0.29, 0.717) is 13.2 Å². The van der Waals surface area contributed by atoms with Gasteiger partial charge in [0.05, 0.1) is 7.11 Å². The zero-order chi connectivity index (χ0) is 14.5. The van der Waals surface area contributed by atoms with Gasteiger partial charge in [-0.3, -0.25) is 0 Å². The zero-order valence-corrected chi connectivity index (χ0v) is 12.3. The first kappa shape index (κ1) is 14.4. The molecule has 2 N–H and O–H groups in total. The summed E-state index contributed by atoms with van der Waals surface area (Å²) < 4.78 is 11.1. The van der Waals surface area contributed by atoms with Gasteiger partial charge in [-0.2, -0.15) is 0 Å². The summed E-state index contributed by atoms with van der Waals surface area (Å²) in [6.07, 6.45) is 0. The molecule has 0 aliphatic heterocycles. The third kappa shape index (κ3) is 3.52. The molecule has 2 rings (SSSR count). The van der Waals surface area contributed by atoms with E-state index >= 15 is 0 Å². The van der Waals surface area contributed by atoms with Crippen molar-refractivity contribution in [2.75, 3.05) is 7.11 Å². The van der Waals surface area contributed by atoms with E-state index in [2.05, 4.69) is 32.0 Å². The van der Waals surface area contributed by atoms with Crippen LogP contribution in [-0.4, -0.2) is 7.11 Å². The van der Waals surface area contributed by atoms with Gasteiger partial charge in [-0.1, -0.05) is 29.3 Å². The molecule has 0 spiro atoms. The molecule has 0 saturated carbocycles. The van der Waals surface area contributed by atoms with Crippen molar-refractivity contribution in [2.24, 2.45) is 5.73 Å². The Balaban J connectivity index is 2.14. The van der Waals surface area contributed by atoms with Crippen LogP contribution < -0.4 is 15.2 Å². The molecule has 0 saturated heterocycles. The summed E-state index contributed by atoms with van der Waals surface area (Å²) in [7, 11) is 1.64. The molecule has 3 heteroatoms. The average Bonchev–Trinajstić information content (AvgIpc) is 2.44. The van der Waals surface area contributed by atoms with Gasteiger partial charge in [0.25, 0.3) is 0 Å². The van der Waals surface area contributed by atoms with Crippen LogP contribution in [0.15, 0.2) is 36.4 Å². The summed E-state index contributed by atoms with van der Waals surface area (Å²) >= 11 is 0. The number of rotatable bonds is 5. The highest BCUT2D eigenvalue weighted by molar-refractivity contribution is 5.40. The second kappa shape index (κ2) is 6.44. The Labute approximate surface area is 120 Å². The molecule has 0 heterocycles. The van der Waals surface area contributed by atoms with E-state index in [1.165, 1.54) is 16.7 Å². The molecule has 20 heavy (non-hydrogen) atoms. The predicted octanol–water partition coefficient (Wildman–Crippen LogP) is 3.35. The van der Waals surface area contributed by atoms with Gasteiger partial charge in [0.1, 0.15) is 18.1 Å². The van der Waals surface area contributed by atoms with E-state index in [1.807, 2.05) is 18.2 Å². The molecular weight excluding hydrogens is 250 g/mol. The lowest BCUT2D eigenvalue weighted by Gasteiger charge is -2.12. The maximum Gasteiger partial charge on any atom is 0.124 e. The molecule has 0 aromatic heterocycles. The Bertz CT molecular complexity index is 573. The van der Waals surface area contributed by atoms with E-state index in [1.54, 1.807) is 7.11 Å². The van der Waals surface area contributed by atoms with Gasteiger partial charge in [0, 0.05) is 12.1 Å². The molecule has 0 atom stereocenters. The Hall–Kier alpha value is -2.00. The number of aryl methyl sites for hydroxylation is 2. The Morgan fingerprint density at radius 1 is 1.00 bits per heavy atom. The van der Waals surface area contributed by atoms with Gasteiger partial charge in [-0.05, 0) is 37.6 Å². The summed E-state index contributed by atoms with van der Waals surface area (Å²) in [4.78, 5) is 0. The van der Waals surface area contributed by atoms with E-state index in [-0.39, 0.29) is 0 Å². The van der Waals surface area contributed by atoms with Gasteiger partial charge >= 0.3 is 0 Å². The SMILES string of the molecule is COc1ccc(OCc2cc(C)cc(C)c2)c(CN)c1. The maximum absolute atomic E-state index is 5.89. The van der Waals surface area contributed by atoms with Crippen LogP contribution in [0.1, 0.15) is 22.3 Å². The smallest absolute Gasteiger partial charge is 0.124 e. The Morgan fingerprint density at radius 2 is 1.70 bits per heavy atom. The first-order valence-electron chi connectivity index (χ1n) is 6.69. The summed E-state index contributed by atoms with van der Waals surface area (Å²) in [5.41, 5.74) is 10.4. The first-order valence-corrected chi connectivity index (χ1v) is 6.69. The van der Waals surface area contributed by atoms with Crippen LogP contribution in [0.25, 0.3) is 0 Å². The van der Waals surface area contributed by atoms with Crippen molar-refractivity contribution >= 4 is 0 Å². The van der Waals surface area contributed by atoms with Crippen LogP contribution in [0.2, 0.25) is 0 Å². The molecule has 0 fully saturated rings. The second-order valence-corrected chi connectivity index (χ2v) is 4.96. The predicted molar refractivity (Wildman–Crippen MR) is 81.1 cm³/mol. The summed E-state index contributed by atoms with van der Waals surface area (Å²) in [6.45, 7) is 5.16. The lowest BCUT2D eigenvalue weighted by atomic mass is 10.1. The number of benzene rings is 2. The van der Waals surface area contributed by atoms with Crippen molar-refractivity contribution in [2.45, 2.75) is 27.0 Å². The Kier molecular flexibility index (Phi) is 4.64. The third-order valence-corrected chi connectivity index (χ3v) is 3.16. The van der Waals surface area contributed by atoms with Crippen molar-refractivity contribution in [1.29, 1.82) is 0 Å². The van der Waals surface area contributed by atoms with Crippen LogP contribution in [0.5, 0.6) is 11.5 Å². The minimum atomic E-state index is 0.430. The average molecular weight is 271 g/mol. The van der Waals surface area contributed by atoms with Gasteiger partial charge in [-0.15, -0.1) is 0 Å². The topological polar surface area (TPSA) is 44.5 Å². The van der Waals surface area contributed by atoms with Crippen LogP contribution in [0.4, 0.5) is 0 Å². The van der Waals surface area contributed by atoms with E-state index in [0.717, 1.165) is 17.1 Å². The Morgan fingerprint density at radius 3 is 2.30 bits per heavy atom. The van der Waals surface area contributed by atoms with Gasteiger partial charge < -0.3 is 15.2 Å². The number of hydrogen-bond donors (Lipinski definition) is 1. The molecule has 0 unspecified atom stereocenters. The monoisotopic (exact) mass is 271 g/mol. The fourth-order valence-electron chi connectivity index (χ4n) is 2.30. The van der Waals surface area contributed by atoms with Gasteiger partial charge in [-0.25, -0.2) is 0 Å². The van der Waals surface area contributed by atoms with Crippen molar-refractivity contribution in [3.63, 3.8) is 0 Å². The van der Waals surface area contributed by atoms with Crippen molar-refractivity contribution in [3.8, 4) is 11.5 Å². The molecule has 0 amide bonds. The fraction of sp³-hybridized carbons (Fsp3) is 0.294. The number of hydrogen-bond acceptors (Lipinski definition) is 3. The minimum absolute atomic E-state index is 0.430. The minimum Gasteiger partial charge on any atom is -0.497 e.